The summed E-state index contributed by atoms with van der Waals surface area (Å²) in [6.07, 6.45) is 2.13. The number of carbonyl (C=O) groups is 2. The summed E-state index contributed by atoms with van der Waals surface area (Å²) >= 11 is 1.32. The molecule has 4 rings (SSSR count). The van der Waals surface area contributed by atoms with Gasteiger partial charge in [-0.15, -0.1) is 11.3 Å². The number of aromatic nitrogens is 1. The zero-order valence-electron chi connectivity index (χ0n) is 14.6. The Balaban J connectivity index is 1.34. The molecular formula is C21H19N3O2S. The third kappa shape index (κ3) is 4.06. The number of aryl methyl sites for hydroxylation is 1. The first kappa shape index (κ1) is 17.4. The van der Waals surface area contributed by atoms with Gasteiger partial charge in [-0.25, -0.2) is 4.98 Å². The Hall–Kier alpha value is -2.99. The molecule has 1 heterocycles. The SMILES string of the molecule is O=C(Cc1csc(NC(=O)c2ccccc2)n1)NC1CCc2ccccc21. The molecule has 0 bridgehead atoms. The molecule has 1 unspecified atom stereocenters. The van der Waals surface area contributed by atoms with Crippen molar-refractivity contribution in [1.82, 2.24) is 10.3 Å². The van der Waals surface area contributed by atoms with Crippen molar-refractivity contribution in [3.8, 4) is 0 Å². The Morgan fingerprint density at radius 2 is 1.85 bits per heavy atom. The van der Waals surface area contributed by atoms with Gasteiger partial charge in [-0.05, 0) is 36.1 Å². The van der Waals surface area contributed by atoms with Gasteiger partial charge in [0.1, 0.15) is 0 Å². The van der Waals surface area contributed by atoms with Gasteiger partial charge in [-0.2, -0.15) is 0 Å². The predicted octanol–water partition coefficient (Wildman–Crippen LogP) is 3.74. The van der Waals surface area contributed by atoms with Gasteiger partial charge in [0, 0.05) is 10.9 Å². The van der Waals surface area contributed by atoms with Gasteiger partial charge in [0.2, 0.25) is 5.91 Å². The fourth-order valence-electron chi connectivity index (χ4n) is 3.32. The zero-order valence-corrected chi connectivity index (χ0v) is 15.5. The maximum absolute atomic E-state index is 12.4. The summed E-state index contributed by atoms with van der Waals surface area (Å²) in [5.74, 6) is -0.258. The number of fused-ring (bicyclic) bond motifs is 1. The molecule has 0 saturated carbocycles. The maximum Gasteiger partial charge on any atom is 0.257 e. The fraction of sp³-hybridized carbons (Fsp3) is 0.190. The molecule has 0 radical (unpaired) electrons. The van der Waals surface area contributed by atoms with Crippen LogP contribution in [0.25, 0.3) is 0 Å². The first-order valence-corrected chi connectivity index (χ1v) is 9.75. The number of thiazole rings is 1. The third-order valence-corrected chi connectivity index (χ3v) is 5.42. The Labute approximate surface area is 161 Å². The number of hydrogen-bond donors (Lipinski definition) is 2. The van der Waals surface area contributed by atoms with Crippen LogP contribution in [0.3, 0.4) is 0 Å². The van der Waals surface area contributed by atoms with Crippen LogP contribution in [0.2, 0.25) is 0 Å². The molecule has 1 aliphatic rings. The highest BCUT2D eigenvalue weighted by Crippen LogP contribution is 2.30. The lowest BCUT2D eigenvalue weighted by Gasteiger charge is -2.13. The minimum atomic E-state index is -0.205. The van der Waals surface area contributed by atoms with E-state index in [0.717, 1.165) is 12.8 Å². The summed E-state index contributed by atoms with van der Waals surface area (Å²) in [4.78, 5) is 28.9. The van der Waals surface area contributed by atoms with Gasteiger partial charge in [0.05, 0.1) is 18.2 Å². The zero-order chi connectivity index (χ0) is 18.6. The smallest absolute Gasteiger partial charge is 0.257 e. The van der Waals surface area contributed by atoms with Gasteiger partial charge in [0.15, 0.2) is 5.13 Å². The van der Waals surface area contributed by atoms with Crippen LogP contribution in [-0.4, -0.2) is 16.8 Å². The topological polar surface area (TPSA) is 71.1 Å². The molecule has 1 aromatic heterocycles. The number of nitrogens with zero attached hydrogens (tertiary/aromatic N) is 1. The van der Waals surface area contributed by atoms with Gasteiger partial charge >= 0.3 is 0 Å². The van der Waals surface area contributed by atoms with Crippen LogP contribution >= 0.6 is 11.3 Å². The number of hydrogen-bond acceptors (Lipinski definition) is 4. The lowest BCUT2D eigenvalue weighted by atomic mass is 10.1. The molecule has 136 valence electrons. The Morgan fingerprint density at radius 1 is 1.07 bits per heavy atom. The molecule has 27 heavy (non-hydrogen) atoms. The summed E-state index contributed by atoms with van der Waals surface area (Å²) in [6, 6.07) is 17.3. The van der Waals surface area contributed by atoms with Crippen molar-refractivity contribution in [2.75, 3.05) is 5.32 Å². The monoisotopic (exact) mass is 377 g/mol. The molecule has 0 spiro atoms. The molecule has 0 saturated heterocycles. The largest absolute Gasteiger partial charge is 0.349 e. The van der Waals surface area contributed by atoms with Crippen LogP contribution < -0.4 is 10.6 Å². The first-order valence-electron chi connectivity index (χ1n) is 8.87. The van der Waals surface area contributed by atoms with E-state index in [1.54, 1.807) is 12.1 Å². The molecule has 1 atom stereocenters. The van der Waals surface area contributed by atoms with Crippen molar-refractivity contribution in [2.45, 2.75) is 25.3 Å². The average Bonchev–Trinajstić information content (AvgIpc) is 3.29. The van der Waals surface area contributed by atoms with Crippen molar-refractivity contribution < 1.29 is 9.59 Å². The van der Waals surface area contributed by atoms with Gasteiger partial charge in [0.25, 0.3) is 5.91 Å². The van der Waals surface area contributed by atoms with Crippen LogP contribution in [0.15, 0.2) is 60.0 Å². The lowest BCUT2D eigenvalue weighted by molar-refractivity contribution is -0.121. The Kier molecular flexibility index (Phi) is 4.98. The average molecular weight is 377 g/mol. The van der Waals surface area contributed by atoms with Crippen LogP contribution in [0.1, 0.15) is 39.6 Å². The quantitative estimate of drug-likeness (QED) is 0.711. The van der Waals surface area contributed by atoms with E-state index < -0.39 is 0 Å². The van der Waals surface area contributed by atoms with E-state index in [0.29, 0.717) is 16.4 Å². The van der Waals surface area contributed by atoms with Crippen LogP contribution in [0, 0.1) is 0 Å². The van der Waals surface area contributed by atoms with Crippen molar-refractivity contribution in [3.63, 3.8) is 0 Å². The molecule has 3 aromatic rings. The predicted molar refractivity (Wildman–Crippen MR) is 106 cm³/mol. The van der Waals surface area contributed by atoms with Crippen LogP contribution in [0.5, 0.6) is 0 Å². The van der Waals surface area contributed by atoms with Crippen molar-refractivity contribution >= 4 is 28.3 Å². The second-order valence-corrected chi connectivity index (χ2v) is 7.36. The van der Waals surface area contributed by atoms with E-state index in [4.69, 9.17) is 0 Å². The van der Waals surface area contributed by atoms with Crippen molar-refractivity contribution in [3.05, 3.63) is 82.4 Å². The highest BCUT2D eigenvalue weighted by molar-refractivity contribution is 7.14. The van der Waals surface area contributed by atoms with Crippen LogP contribution in [0.4, 0.5) is 5.13 Å². The number of anilines is 1. The molecule has 0 fully saturated rings. The van der Waals surface area contributed by atoms with Gasteiger partial charge in [-0.3, -0.25) is 14.9 Å². The van der Waals surface area contributed by atoms with E-state index in [2.05, 4.69) is 27.8 Å². The molecule has 6 heteroatoms. The summed E-state index contributed by atoms with van der Waals surface area (Å²) in [5, 5.41) is 8.18. The van der Waals surface area contributed by atoms with Crippen molar-refractivity contribution in [1.29, 1.82) is 0 Å². The molecule has 2 amide bonds. The number of rotatable bonds is 5. The molecular weight excluding hydrogens is 358 g/mol. The molecule has 2 aromatic carbocycles. The van der Waals surface area contributed by atoms with Gasteiger partial charge in [-0.1, -0.05) is 42.5 Å². The molecule has 2 N–H and O–H groups in total. The molecule has 5 nitrogen and oxygen atoms in total. The van der Waals surface area contributed by atoms with E-state index >= 15 is 0 Å². The van der Waals surface area contributed by atoms with Gasteiger partial charge < -0.3 is 5.32 Å². The highest BCUT2D eigenvalue weighted by Gasteiger charge is 2.23. The number of amides is 2. The minimum Gasteiger partial charge on any atom is -0.349 e. The molecule has 0 aliphatic heterocycles. The maximum atomic E-state index is 12.4. The summed E-state index contributed by atoms with van der Waals surface area (Å²) < 4.78 is 0. The summed E-state index contributed by atoms with van der Waals surface area (Å²) in [7, 11) is 0. The third-order valence-electron chi connectivity index (χ3n) is 4.62. The number of nitrogens with one attached hydrogen (secondary N) is 2. The summed E-state index contributed by atoms with van der Waals surface area (Å²) in [5.41, 5.74) is 3.75. The van der Waals surface area contributed by atoms with Crippen LogP contribution in [-0.2, 0) is 17.6 Å². The summed E-state index contributed by atoms with van der Waals surface area (Å²) in [6.45, 7) is 0. The second kappa shape index (κ2) is 7.72. The Bertz CT molecular complexity index is 968. The van der Waals surface area contributed by atoms with E-state index in [-0.39, 0.29) is 24.3 Å². The first-order chi connectivity index (χ1) is 13.2. The lowest BCUT2D eigenvalue weighted by Crippen LogP contribution is -2.28. The van der Waals surface area contributed by atoms with E-state index in [9.17, 15) is 9.59 Å². The number of carbonyl (C=O) groups excluding carboxylic acids is 2. The normalized spacial score (nSPS) is 15.2. The number of benzene rings is 2. The minimum absolute atomic E-state index is 0.0528. The second-order valence-electron chi connectivity index (χ2n) is 6.50. The Morgan fingerprint density at radius 3 is 2.70 bits per heavy atom. The van der Waals surface area contributed by atoms with E-state index in [1.165, 1.54) is 22.5 Å². The standard InChI is InChI=1S/C21H19N3O2S/c25-19(23-18-11-10-14-6-4-5-9-17(14)18)12-16-13-27-21(22-16)24-20(26)15-7-2-1-3-8-15/h1-9,13,18H,10-12H2,(H,23,25)(H,22,24,26). The molecule has 1 aliphatic carbocycles. The van der Waals surface area contributed by atoms with E-state index in [1.807, 2.05) is 35.7 Å². The highest BCUT2D eigenvalue weighted by atomic mass is 32.1. The fourth-order valence-corrected chi connectivity index (χ4v) is 4.03. The van der Waals surface area contributed by atoms with Crippen molar-refractivity contribution in [2.24, 2.45) is 0 Å².